The average molecular weight is 514 g/mol. The van der Waals surface area contributed by atoms with E-state index < -0.39 is 32.7 Å². The Morgan fingerprint density at radius 3 is 2.14 bits per heavy atom. The minimum Gasteiger partial charge on any atom is -0.469 e. The van der Waals surface area contributed by atoms with E-state index in [1.165, 1.54) is 31.4 Å². The Bertz CT molecular complexity index is 991. The van der Waals surface area contributed by atoms with Gasteiger partial charge in [-0.25, -0.2) is 13.6 Å². The van der Waals surface area contributed by atoms with Crippen LogP contribution in [0.2, 0.25) is 0 Å². The number of sulfonamides is 1. The largest absolute Gasteiger partial charge is 0.469 e. The first-order valence-electron chi connectivity index (χ1n) is 11.4. The molecule has 1 aromatic carbocycles. The van der Waals surface area contributed by atoms with Gasteiger partial charge in [0, 0.05) is 17.6 Å². The predicted octanol–water partition coefficient (Wildman–Crippen LogP) is 2.39. The number of anilines is 1. The molecule has 0 fully saturated rings. The van der Waals surface area contributed by atoms with E-state index in [1.54, 1.807) is 20.8 Å². The van der Waals surface area contributed by atoms with Crippen LogP contribution in [0.3, 0.4) is 0 Å². The molecular weight excluding hydrogens is 474 g/mol. The maximum absolute atomic E-state index is 13.1. The summed E-state index contributed by atoms with van der Waals surface area (Å²) < 4.78 is 33.3. The quantitative estimate of drug-likeness (QED) is 0.383. The number of benzene rings is 1. The van der Waals surface area contributed by atoms with Crippen LogP contribution in [0.5, 0.6) is 0 Å². The first kappa shape index (κ1) is 30.5. The molecule has 10 nitrogen and oxygen atoms in total. The minimum absolute atomic E-state index is 0.0731. The first-order chi connectivity index (χ1) is 16.1. The molecule has 11 heteroatoms. The molecule has 0 aliphatic heterocycles. The summed E-state index contributed by atoms with van der Waals surface area (Å²) in [6.45, 7) is 7.75. The van der Waals surface area contributed by atoms with Crippen LogP contribution in [0, 0.1) is 16.7 Å². The van der Waals surface area contributed by atoms with Crippen molar-refractivity contribution in [1.29, 1.82) is 0 Å². The fourth-order valence-electron chi connectivity index (χ4n) is 3.94. The Kier molecular flexibility index (Phi) is 10.9. The molecule has 0 spiro atoms. The van der Waals surface area contributed by atoms with Crippen molar-refractivity contribution in [2.45, 2.75) is 51.9 Å². The van der Waals surface area contributed by atoms with Crippen LogP contribution in [-0.2, 0) is 33.9 Å². The van der Waals surface area contributed by atoms with E-state index in [-0.39, 0.29) is 36.2 Å². The van der Waals surface area contributed by atoms with Crippen LogP contribution >= 0.6 is 0 Å². The number of ether oxygens (including phenoxy) is 2. The SMILES string of the molecule is CCC(CC(C)(CC(C)(C)C(=O)Nc1ccc(S(N)(=O)=O)cc1)C(=O)OC)C(=O)OCCN(C)C. The van der Waals surface area contributed by atoms with Crippen molar-refractivity contribution in [2.75, 3.05) is 39.7 Å². The molecule has 198 valence electrons. The van der Waals surface area contributed by atoms with Gasteiger partial charge in [-0.2, -0.15) is 0 Å². The number of nitrogens with two attached hydrogens (primary N) is 1. The molecule has 1 aromatic rings. The number of hydrogen-bond acceptors (Lipinski definition) is 8. The van der Waals surface area contributed by atoms with E-state index in [4.69, 9.17) is 14.6 Å². The lowest BCUT2D eigenvalue weighted by Gasteiger charge is -2.36. The summed E-state index contributed by atoms with van der Waals surface area (Å²) in [5.41, 5.74) is -1.78. The van der Waals surface area contributed by atoms with Crippen LogP contribution < -0.4 is 10.5 Å². The molecule has 0 saturated heterocycles. The van der Waals surface area contributed by atoms with Gasteiger partial charge in [-0.3, -0.25) is 14.4 Å². The van der Waals surface area contributed by atoms with Gasteiger partial charge in [0.25, 0.3) is 0 Å². The van der Waals surface area contributed by atoms with Crippen LogP contribution in [0.25, 0.3) is 0 Å². The number of carbonyl (C=O) groups is 3. The van der Waals surface area contributed by atoms with Crippen molar-refractivity contribution in [3.63, 3.8) is 0 Å². The summed E-state index contributed by atoms with van der Waals surface area (Å²) in [5, 5.41) is 7.85. The fourth-order valence-corrected chi connectivity index (χ4v) is 4.46. The molecule has 3 N–H and O–H groups in total. The molecule has 0 radical (unpaired) electrons. The highest BCUT2D eigenvalue weighted by Gasteiger charge is 2.45. The highest BCUT2D eigenvalue weighted by molar-refractivity contribution is 7.89. The number of rotatable bonds is 13. The Labute approximate surface area is 208 Å². The second-order valence-electron chi connectivity index (χ2n) is 9.92. The molecule has 1 amide bonds. The van der Waals surface area contributed by atoms with Crippen molar-refractivity contribution >= 4 is 33.6 Å². The molecule has 0 saturated carbocycles. The van der Waals surface area contributed by atoms with E-state index in [2.05, 4.69) is 5.32 Å². The zero-order valence-electron chi connectivity index (χ0n) is 21.7. The molecule has 2 unspecified atom stereocenters. The molecular formula is C24H39N3O7S. The molecule has 1 rings (SSSR count). The smallest absolute Gasteiger partial charge is 0.311 e. The third kappa shape index (κ3) is 9.23. The van der Waals surface area contributed by atoms with Gasteiger partial charge >= 0.3 is 11.9 Å². The van der Waals surface area contributed by atoms with Gasteiger partial charge < -0.3 is 19.7 Å². The number of likely N-dealkylation sites (N-methyl/N-ethyl adjacent to an activating group) is 1. The molecule has 0 heterocycles. The number of carbonyl (C=O) groups excluding carboxylic acids is 3. The van der Waals surface area contributed by atoms with Crippen LogP contribution in [0.4, 0.5) is 5.69 Å². The summed E-state index contributed by atoms with van der Waals surface area (Å²) in [7, 11) is 1.18. The van der Waals surface area contributed by atoms with Crippen molar-refractivity contribution in [1.82, 2.24) is 4.90 Å². The van der Waals surface area contributed by atoms with Gasteiger partial charge in [0.1, 0.15) is 6.61 Å². The van der Waals surface area contributed by atoms with Gasteiger partial charge in [-0.05, 0) is 64.5 Å². The highest BCUT2D eigenvalue weighted by Crippen LogP contribution is 2.41. The Morgan fingerprint density at radius 2 is 1.69 bits per heavy atom. The highest BCUT2D eigenvalue weighted by atomic mass is 32.2. The van der Waals surface area contributed by atoms with Gasteiger partial charge in [-0.1, -0.05) is 20.8 Å². The van der Waals surface area contributed by atoms with Crippen molar-refractivity contribution in [3.8, 4) is 0 Å². The summed E-state index contributed by atoms with van der Waals surface area (Å²) in [6, 6.07) is 5.46. The number of esters is 2. The third-order valence-corrected chi connectivity index (χ3v) is 6.80. The molecule has 2 atom stereocenters. The Balaban J connectivity index is 3.03. The zero-order chi connectivity index (χ0) is 27.0. The number of primary sulfonamides is 1. The van der Waals surface area contributed by atoms with Crippen molar-refractivity contribution < 1.29 is 32.3 Å². The van der Waals surface area contributed by atoms with Crippen LogP contribution in [-0.4, -0.2) is 65.5 Å². The van der Waals surface area contributed by atoms with Crippen LogP contribution in [0.15, 0.2) is 29.2 Å². The Hall–Kier alpha value is -2.50. The fraction of sp³-hybridized carbons (Fsp3) is 0.625. The van der Waals surface area contributed by atoms with E-state index in [0.717, 1.165) is 0 Å². The van der Waals surface area contributed by atoms with Crippen molar-refractivity contribution in [2.24, 2.45) is 21.9 Å². The number of hydrogen-bond donors (Lipinski definition) is 2. The number of methoxy groups -OCH3 is 1. The van der Waals surface area contributed by atoms with Crippen molar-refractivity contribution in [3.05, 3.63) is 24.3 Å². The average Bonchev–Trinajstić information content (AvgIpc) is 2.75. The van der Waals surface area contributed by atoms with E-state index >= 15 is 0 Å². The van der Waals surface area contributed by atoms with Gasteiger partial charge in [0.2, 0.25) is 15.9 Å². The second kappa shape index (κ2) is 12.5. The lowest BCUT2D eigenvalue weighted by molar-refractivity contribution is -0.159. The lowest BCUT2D eigenvalue weighted by atomic mass is 9.69. The van der Waals surface area contributed by atoms with E-state index in [1.807, 2.05) is 25.9 Å². The minimum atomic E-state index is -3.85. The van der Waals surface area contributed by atoms with Crippen LogP contribution in [0.1, 0.15) is 47.0 Å². The number of nitrogens with zero attached hydrogens (tertiary/aromatic N) is 1. The lowest BCUT2D eigenvalue weighted by Crippen LogP contribution is -2.42. The van der Waals surface area contributed by atoms with E-state index in [9.17, 15) is 22.8 Å². The van der Waals surface area contributed by atoms with Gasteiger partial charge in [0.05, 0.1) is 23.3 Å². The maximum atomic E-state index is 13.1. The van der Waals surface area contributed by atoms with Gasteiger partial charge in [0.15, 0.2) is 0 Å². The second-order valence-corrected chi connectivity index (χ2v) is 11.5. The van der Waals surface area contributed by atoms with Gasteiger partial charge in [-0.15, -0.1) is 0 Å². The molecule has 0 aliphatic rings. The number of amides is 1. The molecule has 0 aliphatic carbocycles. The topological polar surface area (TPSA) is 145 Å². The first-order valence-corrected chi connectivity index (χ1v) is 12.9. The summed E-state index contributed by atoms with van der Waals surface area (Å²) in [5.74, 6) is -1.82. The predicted molar refractivity (Wildman–Crippen MR) is 133 cm³/mol. The number of nitrogens with one attached hydrogen (secondary N) is 1. The van der Waals surface area contributed by atoms with E-state index in [0.29, 0.717) is 18.7 Å². The molecule has 35 heavy (non-hydrogen) atoms. The molecule has 0 aromatic heterocycles. The summed E-state index contributed by atoms with van der Waals surface area (Å²) in [4.78, 5) is 40.4. The molecule has 0 bridgehead atoms. The summed E-state index contributed by atoms with van der Waals surface area (Å²) in [6.07, 6.45) is 0.738. The summed E-state index contributed by atoms with van der Waals surface area (Å²) >= 11 is 0. The monoisotopic (exact) mass is 513 g/mol. The maximum Gasteiger partial charge on any atom is 0.311 e. The Morgan fingerprint density at radius 1 is 1.11 bits per heavy atom. The normalized spacial score (nSPS) is 14.7. The standard InChI is InChI=1S/C24H39N3O7S/c1-8-17(20(28)34-14-13-27(5)6)15-24(4,22(30)33-7)16-23(2,3)21(29)26-18-9-11-19(12-10-18)35(25,31)32/h9-12,17H,8,13-16H2,1-7H3,(H,26,29)(H2,25,31,32). The zero-order valence-corrected chi connectivity index (χ0v) is 22.5. The third-order valence-electron chi connectivity index (χ3n) is 5.87.